The van der Waals surface area contributed by atoms with E-state index in [1.54, 1.807) is 12.3 Å². The molecule has 0 radical (unpaired) electrons. The Hall–Kier alpha value is -1.95. The molecule has 0 fully saturated rings. The largest absolute Gasteiger partial charge is 0.383 e. The quantitative estimate of drug-likeness (QED) is 0.673. The summed E-state index contributed by atoms with van der Waals surface area (Å²) < 4.78 is 6.25. The molecular weight excluding hydrogens is 224 g/mol. The molecule has 6 heteroatoms. The molecule has 0 saturated heterocycles. The zero-order chi connectivity index (χ0) is 12.7. The number of hydrogen-bond donors (Lipinski definition) is 1. The molecule has 0 aliphatic carbocycles. The maximum absolute atomic E-state index is 11.8. The van der Waals surface area contributed by atoms with Crippen LogP contribution in [0.15, 0.2) is 23.1 Å². The summed E-state index contributed by atoms with van der Waals surface area (Å²) in [6.45, 7) is 0.661. The molecule has 0 saturated carbocycles. The lowest BCUT2D eigenvalue weighted by Crippen LogP contribution is -2.34. The van der Waals surface area contributed by atoms with Crippen molar-refractivity contribution in [2.75, 3.05) is 20.3 Å². The third-order valence-electron chi connectivity index (χ3n) is 2.15. The second kappa shape index (κ2) is 6.59. The number of carbonyl (C=O) groups excluding carboxylic acids is 2. The molecule has 0 bridgehead atoms. The van der Waals surface area contributed by atoms with Crippen molar-refractivity contribution in [1.82, 2.24) is 9.88 Å². The van der Waals surface area contributed by atoms with Gasteiger partial charge in [-0.2, -0.15) is 0 Å². The van der Waals surface area contributed by atoms with Gasteiger partial charge in [0.1, 0.15) is 11.8 Å². The number of methoxy groups -OCH3 is 1. The van der Waals surface area contributed by atoms with Crippen LogP contribution in [0.1, 0.15) is 10.4 Å². The van der Waals surface area contributed by atoms with Gasteiger partial charge < -0.3 is 19.4 Å². The number of pyridine rings is 1. The van der Waals surface area contributed by atoms with Crippen LogP contribution in [0.25, 0.3) is 0 Å². The number of carbonyl (C=O) groups is 2. The van der Waals surface area contributed by atoms with Crippen LogP contribution in [0.3, 0.4) is 0 Å². The number of rotatable bonds is 6. The van der Waals surface area contributed by atoms with Crippen molar-refractivity contribution in [3.8, 4) is 0 Å². The van der Waals surface area contributed by atoms with Crippen molar-refractivity contribution >= 4 is 12.2 Å². The molecule has 92 valence electrons. The van der Waals surface area contributed by atoms with E-state index < -0.39 is 11.5 Å². The fraction of sp³-hybridized carbons (Fsp3) is 0.364. The highest BCUT2D eigenvalue weighted by atomic mass is 16.5. The van der Waals surface area contributed by atoms with Gasteiger partial charge in [0.15, 0.2) is 0 Å². The summed E-state index contributed by atoms with van der Waals surface area (Å²) in [5, 5.41) is 2.32. The summed E-state index contributed by atoms with van der Waals surface area (Å²) in [6.07, 6.45) is 2.14. The maximum atomic E-state index is 11.8. The second-order valence-electron chi connectivity index (χ2n) is 3.29. The Balaban J connectivity index is 2.89. The van der Waals surface area contributed by atoms with E-state index in [1.165, 1.54) is 17.7 Å². The first kappa shape index (κ1) is 13.1. The van der Waals surface area contributed by atoms with Crippen LogP contribution in [0, 0.1) is 0 Å². The number of nitrogens with one attached hydrogen (secondary N) is 1. The van der Waals surface area contributed by atoms with Crippen molar-refractivity contribution in [1.29, 1.82) is 0 Å². The van der Waals surface area contributed by atoms with Gasteiger partial charge in [0.2, 0.25) is 0 Å². The van der Waals surface area contributed by atoms with Gasteiger partial charge in [-0.05, 0) is 12.1 Å². The van der Waals surface area contributed by atoms with E-state index >= 15 is 0 Å². The number of aromatic nitrogens is 1. The van der Waals surface area contributed by atoms with Crippen molar-refractivity contribution in [3.63, 3.8) is 0 Å². The molecule has 0 atom stereocenters. The number of nitrogens with zero attached hydrogens (tertiary/aromatic N) is 1. The fourth-order valence-electron chi connectivity index (χ4n) is 1.30. The zero-order valence-corrected chi connectivity index (χ0v) is 9.51. The average Bonchev–Trinajstić information content (AvgIpc) is 2.34. The van der Waals surface area contributed by atoms with Crippen molar-refractivity contribution < 1.29 is 14.3 Å². The molecule has 1 rings (SSSR count). The number of hydrogen-bond acceptors (Lipinski definition) is 4. The van der Waals surface area contributed by atoms with Crippen LogP contribution in [0.2, 0.25) is 0 Å². The van der Waals surface area contributed by atoms with Gasteiger partial charge in [-0.25, -0.2) is 0 Å². The molecule has 6 nitrogen and oxygen atoms in total. The first-order valence-electron chi connectivity index (χ1n) is 5.11. The third kappa shape index (κ3) is 3.53. The highest BCUT2D eigenvalue weighted by Gasteiger charge is 2.10. The second-order valence-corrected chi connectivity index (χ2v) is 3.29. The van der Waals surface area contributed by atoms with Crippen molar-refractivity contribution in [3.05, 3.63) is 34.2 Å². The number of ether oxygens (including phenoxy) is 1. The van der Waals surface area contributed by atoms with Crippen LogP contribution >= 0.6 is 0 Å². The fourth-order valence-corrected chi connectivity index (χ4v) is 1.30. The third-order valence-corrected chi connectivity index (χ3v) is 2.15. The minimum Gasteiger partial charge on any atom is -0.383 e. The Morgan fingerprint density at radius 1 is 1.59 bits per heavy atom. The number of aldehydes is 1. The minimum absolute atomic E-state index is 0.0189. The van der Waals surface area contributed by atoms with Crippen LogP contribution < -0.4 is 10.9 Å². The van der Waals surface area contributed by atoms with E-state index in [4.69, 9.17) is 4.74 Å². The highest BCUT2D eigenvalue weighted by Crippen LogP contribution is 1.92. The molecule has 0 aliphatic rings. The molecule has 0 unspecified atom stereocenters. The molecule has 1 aromatic rings. The molecule has 17 heavy (non-hydrogen) atoms. The smallest absolute Gasteiger partial charge is 0.263 e. The van der Waals surface area contributed by atoms with Gasteiger partial charge in [-0.1, -0.05) is 0 Å². The zero-order valence-electron chi connectivity index (χ0n) is 9.51. The summed E-state index contributed by atoms with van der Waals surface area (Å²) in [6, 6.07) is 3.03. The highest BCUT2D eigenvalue weighted by molar-refractivity contribution is 5.94. The van der Waals surface area contributed by atoms with E-state index in [1.807, 2.05) is 0 Å². The summed E-state index contributed by atoms with van der Waals surface area (Å²) in [4.78, 5) is 33.5. The molecule has 1 heterocycles. The molecule has 1 aromatic heterocycles. The van der Waals surface area contributed by atoms with E-state index in [2.05, 4.69) is 5.32 Å². The van der Waals surface area contributed by atoms with E-state index in [9.17, 15) is 14.4 Å². The Morgan fingerprint density at radius 2 is 2.35 bits per heavy atom. The van der Waals surface area contributed by atoms with Gasteiger partial charge in [-0.3, -0.25) is 9.59 Å². The lowest BCUT2D eigenvalue weighted by Gasteiger charge is -2.06. The topological polar surface area (TPSA) is 77.4 Å². The predicted molar refractivity (Wildman–Crippen MR) is 61.0 cm³/mol. The number of amides is 1. The lowest BCUT2D eigenvalue weighted by molar-refractivity contribution is -0.107. The van der Waals surface area contributed by atoms with Crippen molar-refractivity contribution in [2.24, 2.45) is 0 Å². The van der Waals surface area contributed by atoms with Crippen LogP contribution in [-0.2, 0) is 16.1 Å². The maximum Gasteiger partial charge on any atom is 0.263 e. The molecule has 0 spiro atoms. The van der Waals surface area contributed by atoms with Gasteiger partial charge >= 0.3 is 0 Å². The normalized spacial score (nSPS) is 9.94. The van der Waals surface area contributed by atoms with Crippen molar-refractivity contribution in [2.45, 2.75) is 6.54 Å². The molecule has 1 amide bonds. The van der Waals surface area contributed by atoms with E-state index in [-0.39, 0.29) is 12.1 Å². The van der Waals surface area contributed by atoms with Gasteiger partial charge in [0, 0.05) is 19.9 Å². The standard InChI is InChI=1S/C11H14N2O4/c1-17-8-6-13-5-2-3-9(11(13)16)10(15)12-4-7-14/h2-3,5,7H,4,6,8H2,1H3,(H,12,15). The van der Waals surface area contributed by atoms with Gasteiger partial charge in [0.05, 0.1) is 13.2 Å². The van der Waals surface area contributed by atoms with Crippen LogP contribution in [0.4, 0.5) is 0 Å². The SMILES string of the molecule is COCCn1cccc(C(=O)NCC=O)c1=O. The lowest BCUT2D eigenvalue weighted by atomic mass is 10.2. The Morgan fingerprint density at radius 3 is 3.00 bits per heavy atom. The molecule has 1 N–H and O–H groups in total. The Kier molecular flexibility index (Phi) is 5.09. The van der Waals surface area contributed by atoms with E-state index in [0.717, 1.165) is 0 Å². The predicted octanol–water partition coefficient (Wildman–Crippen LogP) is -0.577. The average molecular weight is 238 g/mol. The summed E-state index contributed by atoms with van der Waals surface area (Å²) in [5.41, 5.74) is -0.376. The summed E-state index contributed by atoms with van der Waals surface area (Å²) >= 11 is 0. The molecule has 0 aromatic carbocycles. The molecular formula is C11H14N2O4. The van der Waals surface area contributed by atoms with Gasteiger partial charge in [0.25, 0.3) is 11.5 Å². The summed E-state index contributed by atoms with van der Waals surface area (Å²) in [5.74, 6) is -0.547. The monoisotopic (exact) mass is 238 g/mol. The van der Waals surface area contributed by atoms with Crippen LogP contribution in [0.5, 0.6) is 0 Å². The Bertz CT molecular complexity index is 453. The first-order valence-corrected chi connectivity index (χ1v) is 5.11. The summed E-state index contributed by atoms with van der Waals surface area (Å²) in [7, 11) is 1.53. The Labute approximate surface area is 98.2 Å². The van der Waals surface area contributed by atoms with E-state index in [0.29, 0.717) is 19.4 Å². The molecule has 0 aliphatic heterocycles. The van der Waals surface area contributed by atoms with Gasteiger partial charge in [-0.15, -0.1) is 0 Å². The minimum atomic E-state index is -0.547. The first-order chi connectivity index (χ1) is 8.20. The van der Waals surface area contributed by atoms with Crippen LogP contribution in [-0.4, -0.2) is 37.0 Å².